The Labute approximate surface area is 154 Å². The first-order chi connectivity index (χ1) is 13.3. The predicted octanol–water partition coefficient (Wildman–Crippen LogP) is 4.06. The molecule has 1 aliphatic heterocycles. The summed E-state index contributed by atoms with van der Waals surface area (Å²) in [5.41, 5.74) is 5.23. The Kier molecular flexibility index (Phi) is 2.97. The van der Waals surface area contributed by atoms with Crippen molar-refractivity contribution in [3.8, 4) is 28.6 Å². The average Bonchev–Trinajstić information content (AvgIpc) is 3.08. The number of benzene rings is 1. The highest BCUT2D eigenvalue weighted by Gasteiger charge is 2.29. The smallest absolute Gasteiger partial charge is 0.259 e. The Hall–Kier alpha value is -3.22. The third-order valence-corrected chi connectivity index (χ3v) is 5.24. The van der Waals surface area contributed by atoms with Gasteiger partial charge in [-0.1, -0.05) is 10.3 Å². The van der Waals surface area contributed by atoms with Gasteiger partial charge in [-0.05, 0) is 49.6 Å². The molecule has 3 aromatic heterocycles. The lowest BCUT2D eigenvalue weighted by Crippen LogP contribution is -1.91. The van der Waals surface area contributed by atoms with Crippen molar-refractivity contribution in [3.63, 3.8) is 0 Å². The lowest BCUT2D eigenvalue weighted by atomic mass is 10.1. The number of hydrogen-bond donors (Lipinski definition) is 0. The fourth-order valence-electron chi connectivity index (χ4n) is 3.65. The lowest BCUT2D eigenvalue weighted by molar-refractivity contribution is 0.357. The maximum absolute atomic E-state index is 5.62. The average molecular weight is 360 g/mol. The van der Waals surface area contributed by atoms with Gasteiger partial charge in [-0.15, -0.1) is 0 Å². The normalized spacial score (nSPS) is 15.9. The molecule has 4 heterocycles. The van der Waals surface area contributed by atoms with Crippen LogP contribution < -0.4 is 4.74 Å². The van der Waals surface area contributed by atoms with Crippen molar-refractivity contribution in [1.82, 2.24) is 20.3 Å². The second kappa shape index (κ2) is 5.39. The molecule has 7 heteroatoms. The number of hydrogen-bond acceptors (Lipinski definition) is 7. The summed E-state index contributed by atoms with van der Waals surface area (Å²) in [4.78, 5) is 9.27. The van der Waals surface area contributed by atoms with Crippen LogP contribution in [0.2, 0.25) is 0 Å². The van der Waals surface area contributed by atoms with Crippen molar-refractivity contribution in [1.29, 1.82) is 0 Å². The van der Waals surface area contributed by atoms with Crippen LogP contribution in [0.1, 0.15) is 35.7 Å². The molecule has 0 atom stereocenters. The Morgan fingerprint density at radius 1 is 1.04 bits per heavy atom. The van der Waals surface area contributed by atoms with E-state index in [0.717, 1.165) is 59.5 Å². The van der Waals surface area contributed by atoms with Gasteiger partial charge in [-0.3, -0.25) is 0 Å². The molecule has 0 unspecified atom stereocenters. The van der Waals surface area contributed by atoms with Gasteiger partial charge in [0.25, 0.3) is 11.6 Å². The largest absolute Gasteiger partial charge is 0.493 e. The summed E-state index contributed by atoms with van der Waals surface area (Å²) in [6.45, 7) is 2.62. The van der Waals surface area contributed by atoms with E-state index in [1.54, 1.807) is 0 Å². The molecule has 7 nitrogen and oxygen atoms in total. The molecule has 1 fully saturated rings. The van der Waals surface area contributed by atoms with E-state index in [9.17, 15) is 0 Å². The number of nitrogens with zero attached hydrogens (tertiary/aromatic N) is 4. The van der Waals surface area contributed by atoms with Crippen molar-refractivity contribution < 1.29 is 13.8 Å². The van der Waals surface area contributed by atoms with Crippen molar-refractivity contribution >= 4 is 11.1 Å². The summed E-state index contributed by atoms with van der Waals surface area (Å²) in [5.74, 6) is 2.44. The Bertz CT molecular complexity index is 1190. The number of fused-ring (bicyclic) bond motifs is 2. The summed E-state index contributed by atoms with van der Waals surface area (Å²) in [7, 11) is 0. The van der Waals surface area contributed by atoms with Crippen LogP contribution in [0, 0.1) is 6.92 Å². The molecule has 0 saturated heterocycles. The highest BCUT2D eigenvalue weighted by Crippen LogP contribution is 2.42. The second-order valence-electron chi connectivity index (χ2n) is 7.16. The van der Waals surface area contributed by atoms with Crippen LogP contribution in [0.4, 0.5) is 0 Å². The summed E-state index contributed by atoms with van der Waals surface area (Å²) in [6.07, 6.45) is 3.21. The predicted molar refractivity (Wildman–Crippen MR) is 96.4 cm³/mol. The van der Waals surface area contributed by atoms with Crippen LogP contribution in [0.25, 0.3) is 33.9 Å². The molecule has 0 amide bonds. The molecule has 4 aromatic rings. The second-order valence-corrected chi connectivity index (χ2v) is 7.16. The molecule has 0 spiro atoms. The van der Waals surface area contributed by atoms with Crippen LogP contribution in [0.5, 0.6) is 5.75 Å². The van der Waals surface area contributed by atoms with Crippen LogP contribution >= 0.6 is 0 Å². The van der Waals surface area contributed by atoms with E-state index in [1.807, 2.05) is 25.1 Å². The van der Waals surface area contributed by atoms with E-state index in [1.165, 1.54) is 5.56 Å². The Balaban J connectivity index is 1.47. The van der Waals surface area contributed by atoms with E-state index in [4.69, 9.17) is 13.8 Å². The van der Waals surface area contributed by atoms with Crippen LogP contribution in [-0.2, 0) is 6.42 Å². The van der Waals surface area contributed by atoms with E-state index >= 15 is 0 Å². The molecule has 0 radical (unpaired) electrons. The van der Waals surface area contributed by atoms with Gasteiger partial charge in [-0.25, -0.2) is 4.98 Å². The Morgan fingerprint density at radius 3 is 2.85 bits per heavy atom. The van der Waals surface area contributed by atoms with Gasteiger partial charge in [0.05, 0.1) is 23.3 Å². The summed E-state index contributed by atoms with van der Waals surface area (Å²) < 4.78 is 16.6. The molecule has 1 saturated carbocycles. The number of pyridine rings is 1. The molecule has 2 aliphatic rings. The van der Waals surface area contributed by atoms with Gasteiger partial charge < -0.3 is 13.8 Å². The van der Waals surface area contributed by atoms with E-state index < -0.39 is 0 Å². The zero-order valence-corrected chi connectivity index (χ0v) is 14.7. The maximum Gasteiger partial charge on any atom is 0.259 e. The molecule has 134 valence electrons. The Morgan fingerprint density at radius 2 is 1.96 bits per heavy atom. The number of ether oxygens (including phenoxy) is 1. The number of aromatic nitrogens is 4. The SMILES string of the molecule is Cc1noc2nc(C3CC3)cc(-c3nc(-c4ccc5c(c4)CCO5)no3)c12. The zero-order valence-electron chi connectivity index (χ0n) is 14.7. The molecule has 0 N–H and O–H groups in total. The lowest BCUT2D eigenvalue weighted by Gasteiger charge is -2.02. The summed E-state index contributed by atoms with van der Waals surface area (Å²) >= 11 is 0. The standard InChI is InChI=1S/C20H16N4O3/c1-10-17-14(9-15(11-2-3-11)21-20(17)27-23-10)19-22-18(24-26-19)13-4-5-16-12(8-13)6-7-25-16/h4-5,8-9,11H,2-3,6-7H2,1H3. The first kappa shape index (κ1) is 14.9. The monoisotopic (exact) mass is 360 g/mol. The van der Waals surface area contributed by atoms with E-state index in [0.29, 0.717) is 23.3 Å². The first-order valence-electron chi connectivity index (χ1n) is 9.13. The molecule has 1 aliphatic carbocycles. The summed E-state index contributed by atoms with van der Waals surface area (Å²) in [6, 6.07) is 8.03. The summed E-state index contributed by atoms with van der Waals surface area (Å²) in [5, 5.41) is 9.10. The van der Waals surface area contributed by atoms with Gasteiger partial charge in [0.15, 0.2) is 0 Å². The zero-order chi connectivity index (χ0) is 18.0. The molecule has 0 bridgehead atoms. The third kappa shape index (κ3) is 2.34. The quantitative estimate of drug-likeness (QED) is 0.544. The van der Waals surface area contributed by atoms with Gasteiger partial charge >= 0.3 is 0 Å². The molecule has 1 aromatic carbocycles. The highest BCUT2D eigenvalue weighted by molar-refractivity contribution is 5.91. The third-order valence-electron chi connectivity index (χ3n) is 5.24. The molecule has 6 rings (SSSR count). The van der Waals surface area contributed by atoms with Gasteiger partial charge in [0.2, 0.25) is 5.82 Å². The van der Waals surface area contributed by atoms with Crippen LogP contribution in [0.3, 0.4) is 0 Å². The van der Waals surface area contributed by atoms with Crippen molar-refractivity contribution in [3.05, 3.63) is 41.2 Å². The molecular formula is C20H16N4O3. The van der Waals surface area contributed by atoms with E-state index in [2.05, 4.69) is 26.3 Å². The van der Waals surface area contributed by atoms with E-state index in [-0.39, 0.29) is 0 Å². The number of rotatable bonds is 3. The minimum absolute atomic E-state index is 0.461. The molecular weight excluding hydrogens is 344 g/mol. The van der Waals surface area contributed by atoms with Crippen molar-refractivity contribution in [2.24, 2.45) is 0 Å². The highest BCUT2D eigenvalue weighted by atomic mass is 16.5. The first-order valence-corrected chi connectivity index (χ1v) is 9.13. The number of aryl methyl sites for hydroxylation is 1. The molecule has 27 heavy (non-hydrogen) atoms. The van der Waals surface area contributed by atoms with Crippen LogP contribution in [-0.4, -0.2) is 26.9 Å². The van der Waals surface area contributed by atoms with Crippen LogP contribution in [0.15, 0.2) is 33.3 Å². The topological polar surface area (TPSA) is 87.1 Å². The van der Waals surface area contributed by atoms with Gasteiger partial charge in [0.1, 0.15) is 5.75 Å². The van der Waals surface area contributed by atoms with Crippen molar-refractivity contribution in [2.75, 3.05) is 6.61 Å². The van der Waals surface area contributed by atoms with Crippen molar-refractivity contribution in [2.45, 2.75) is 32.1 Å². The van der Waals surface area contributed by atoms with Gasteiger partial charge in [0, 0.05) is 23.6 Å². The minimum atomic E-state index is 0.461. The van der Waals surface area contributed by atoms with Gasteiger partial charge in [-0.2, -0.15) is 4.98 Å². The minimum Gasteiger partial charge on any atom is -0.493 e. The maximum atomic E-state index is 5.62. The fourth-order valence-corrected chi connectivity index (χ4v) is 3.65. The fraction of sp³-hybridized carbons (Fsp3) is 0.300.